The van der Waals surface area contributed by atoms with Gasteiger partial charge in [-0.3, -0.25) is 4.90 Å². The Hall–Kier alpha value is -1.61. The van der Waals surface area contributed by atoms with Crippen molar-refractivity contribution >= 4 is 0 Å². The maximum absolute atomic E-state index is 9.16. The average Bonchev–Trinajstić information content (AvgIpc) is 2.87. The quantitative estimate of drug-likeness (QED) is 0.801. The van der Waals surface area contributed by atoms with Gasteiger partial charge in [-0.2, -0.15) is 5.26 Å². The molecule has 0 radical (unpaired) electrons. The first-order valence-electron chi connectivity index (χ1n) is 7.56. The van der Waals surface area contributed by atoms with Crippen molar-refractivity contribution in [3.05, 3.63) is 29.3 Å². The summed E-state index contributed by atoms with van der Waals surface area (Å²) in [6.45, 7) is 2.81. The number of nitrogens with zero attached hydrogens (tertiary/aromatic N) is 3. The summed E-state index contributed by atoms with van der Waals surface area (Å²) in [6, 6.07) is 8.50. The summed E-state index contributed by atoms with van der Waals surface area (Å²) in [7, 11) is 7.64. The third kappa shape index (κ3) is 3.98. The number of ether oxygens (including phenoxy) is 2. The highest BCUT2D eigenvalue weighted by Crippen LogP contribution is 2.21. The van der Waals surface area contributed by atoms with Crippen molar-refractivity contribution in [2.75, 3.05) is 41.4 Å². The molecule has 0 saturated carbocycles. The van der Waals surface area contributed by atoms with E-state index in [0.717, 1.165) is 31.6 Å². The van der Waals surface area contributed by atoms with Crippen LogP contribution >= 0.6 is 0 Å². The predicted molar refractivity (Wildman–Crippen MR) is 85.9 cm³/mol. The molecular formula is C17H25N3O2. The molecule has 1 aromatic carbocycles. The van der Waals surface area contributed by atoms with Crippen LogP contribution in [0.25, 0.3) is 0 Å². The van der Waals surface area contributed by atoms with E-state index in [1.807, 2.05) is 18.2 Å². The van der Waals surface area contributed by atoms with Gasteiger partial charge in [-0.05, 0) is 38.2 Å². The number of likely N-dealkylation sites (N-methyl/N-ethyl adjacent to an activating group) is 2. The summed E-state index contributed by atoms with van der Waals surface area (Å²) in [4.78, 5) is 4.65. The normalized spacial score (nSPS) is 22.0. The lowest BCUT2D eigenvalue weighted by molar-refractivity contribution is 0.111. The molecule has 1 aliphatic rings. The second-order valence-corrected chi connectivity index (χ2v) is 6.03. The number of rotatable bonds is 6. The van der Waals surface area contributed by atoms with Gasteiger partial charge in [0.1, 0.15) is 11.8 Å². The lowest BCUT2D eigenvalue weighted by Crippen LogP contribution is -2.36. The Kier molecular flexibility index (Phi) is 5.78. The van der Waals surface area contributed by atoms with E-state index in [1.165, 1.54) is 0 Å². The van der Waals surface area contributed by atoms with Gasteiger partial charge in [0, 0.05) is 32.8 Å². The molecule has 22 heavy (non-hydrogen) atoms. The van der Waals surface area contributed by atoms with Crippen LogP contribution in [0.2, 0.25) is 0 Å². The van der Waals surface area contributed by atoms with E-state index in [9.17, 15) is 0 Å². The molecule has 1 heterocycles. The van der Waals surface area contributed by atoms with E-state index >= 15 is 0 Å². The minimum Gasteiger partial charge on any atom is -0.495 e. The van der Waals surface area contributed by atoms with Gasteiger partial charge in [-0.1, -0.05) is 6.07 Å². The molecule has 1 fully saturated rings. The van der Waals surface area contributed by atoms with E-state index in [-0.39, 0.29) is 0 Å². The van der Waals surface area contributed by atoms with Crippen LogP contribution < -0.4 is 4.74 Å². The third-order valence-electron chi connectivity index (χ3n) is 4.34. The van der Waals surface area contributed by atoms with Crippen LogP contribution in [-0.4, -0.2) is 63.4 Å². The van der Waals surface area contributed by atoms with Crippen LogP contribution in [0.5, 0.6) is 5.75 Å². The van der Waals surface area contributed by atoms with Gasteiger partial charge in [0.2, 0.25) is 0 Å². The van der Waals surface area contributed by atoms with Crippen molar-refractivity contribution in [2.45, 2.75) is 25.1 Å². The number of hydrogen-bond donors (Lipinski definition) is 0. The standard InChI is InChI=1S/C17H25N3O2/c1-19(11-15-8-16(21-3)12-20(15)2)10-13-5-6-17(22-4)14(7-13)9-18/h5-7,15-16H,8,10-12H2,1-4H3/t15-,16-/m0/s1. The molecule has 5 heteroatoms. The Morgan fingerprint density at radius 1 is 1.41 bits per heavy atom. The smallest absolute Gasteiger partial charge is 0.136 e. The monoisotopic (exact) mass is 303 g/mol. The van der Waals surface area contributed by atoms with Crippen LogP contribution in [0, 0.1) is 11.3 Å². The largest absolute Gasteiger partial charge is 0.495 e. The summed E-state index contributed by atoms with van der Waals surface area (Å²) >= 11 is 0. The zero-order chi connectivity index (χ0) is 16.1. The van der Waals surface area contributed by atoms with Crippen molar-refractivity contribution in [1.82, 2.24) is 9.80 Å². The number of methoxy groups -OCH3 is 2. The minimum absolute atomic E-state index is 0.342. The first kappa shape index (κ1) is 16.8. The average molecular weight is 303 g/mol. The SMILES string of the molecule is COc1ccc(CN(C)C[C@@H]2C[C@H](OC)CN2C)cc1C#N. The summed E-state index contributed by atoms with van der Waals surface area (Å²) in [5.74, 6) is 0.632. The van der Waals surface area contributed by atoms with E-state index < -0.39 is 0 Å². The molecule has 120 valence electrons. The lowest BCUT2D eigenvalue weighted by atomic mass is 10.1. The Balaban J connectivity index is 1.95. The van der Waals surface area contributed by atoms with Crippen LogP contribution in [-0.2, 0) is 11.3 Å². The second-order valence-electron chi connectivity index (χ2n) is 6.03. The van der Waals surface area contributed by atoms with Gasteiger partial charge in [-0.25, -0.2) is 0 Å². The Labute approximate surface area is 133 Å². The molecule has 1 saturated heterocycles. The molecule has 5 nitrogen and oxygen atoms in total. The molecule has 0 bridgehead atoms. The number of hydrogen-bond acceptors (Lipinski definition) is 5. The topological polar surface area (TPSA) is 48.7 Å². The predicted octanol–water partition coefficient (Wildman–Crippen LogP) is 1.72. The van der Waals surface area contributed by atoms with E-state index in [0.29, 0.717) is 23.5 Å². The van der Waals surface area contributed by atoms with Crippen LogP contribution in [0.3, 0.4) is 0 Å². The second kappa shape index (κ2) is 7.59. The highest BCUT2D eigenvalue weighted by atomic mass is 16.5. The van der Waals surface area contributed by atoms with Crippen molar-refractivity contribution in [2.24, 2.45) is 0 Å². The molecule has 0 unspecified atom stereocenters. The number of nitriles is 1. The molecule has 0 aliphatic carbocycles. The molecule has 2 rings (SSSR count). The zero-order valence-corrected chi connectivity index (χ0v) is 13.9. The summed E-state index contributed by atoms with van der Waals surface area (Å²) < 4.78 is 10.6. The van der Waals surface area contributed by atoms with Gasteiger partial charge in [0.05, 0.1) is 18.8 Å². The van der Waals surface area contributed by atoms with E-state index in [2.05, 4.69) is 30.0 Å². The fourth-order valence-electron chi connectivity index (χ4n) is 3.09. The molecule has 0 aromatic heterocycles. The van der Waals surface area contributed by atoms with Crippen molar-refractivity contribution in [3.63, 3.8) is 0 Å². The van der Waals surface area contributed by atoms with Crippen LogP contribution in [0.15, 0.2) is 18.2 Å². The first-order chi connectivity index (χ1) is 10.6. The molecule has 1 aliphatic heterocycles. The summed E-state index contributed by atoms with van der Waals surface area (Å²) in [5, 5.41) is 9.16. The maximum atomic E-state index is 9.16. The van der Waals surface area contributed by atoms with E-state index in [1.54, 1.807) is 14.2 Å². The molecule has 1 aromatic rings. The summed E-state index contributed by atoms with van der Waals surface area (Å²) in [5.41, 5.74) is 1.72. The molecular weight excluding hydrogens is 278 g/mol. The summed E-state index contributed by atoms with van der Waals surface area (Å²) in [6.07, 6.45) is 1.42. The fourth-order valence-corrected chi connectivity index (χ4v) is 3.09. The van der Waals surface area contributed by atoms with Crippen LogP contribution in [0.1, 0.15) is 17.5 Å². The Morgan fingerprint density at radius 2 is 2.18 bits per heavy atom. The van der Waals surface area contributed by atoms with Crippen molar-refractivity contribution in [3.8, 4) is 11.8 Å². The van der Waals surface area contributed by atoms with E-state index in [4.69, 9.17) is 14.7 Å². The fraction of sp³-hybridized carbons (Fsp3) is 0.588. The Bertz CT molecular complexity index is 541. The van der Waals surface area contributed by atoms with Gasteiger partial charge in [0.25, 0.3) is 0 Å². The van der Waals surface area contributed by atoms with Crippen molar-refractivity contribution < 1.29 is 9.47 Å². The first-order valence-corrected chi connectivity index (χ1v) is 7.56. The van der Waals surface area contributed by atoms with Gasteiger partial charge >= 0.3 is 0 Å². The third-order valence-corrected chi connectivity index (χ3v) is 4.34. The molecule has 2 atom stereocenters. The zero-order valence-electron chi connectivity index (χ0n) is 13.9. The Morgan fingerprint density at radius 3 is 2.77 bits per heavy atom. The highest BCUT2D eigenvalue weighted by Gasteiger charge is 2.29. The molecule has 0 N–H and O–H groups in total. The lowest BCUT2D eigenvalue weighted by Gasteiger charge is -2.25. The number of likely N-dealkylation sites (tertiary alicyclic amines) is 1. The maximum Gasteiger partial charge on any atom is 0.136 e. The molecule has 0 amide bonds. The van der Waals surface area contributed by atoms with Gasteiger partial charge < -0.3 is 14.4 Å². The van der Waals surface area contributed by atoms with Gasteiger partial charge in [-0.15, -0.1) is 0 Å². The van der Waals surface area contributed by atoms with Crippen LogP contribution in [0.4, 0.5) is 0 Å². The van der Waals surface area contributed by atoms with Gasteiger partial charge in [0.15, 0.2) is 0 Å². The molecule has 0 spiro atoms. The van der Waals surface area contributed by atoms with Crippen molar-refractivity contribution in [1.29, 1.82) is 5.26 Å². The minimum atomic E-state index is 0.342. The highest BCUT2D eigenvalue weighted by molar-refractivity contribution is 5.45. The number of benzene rings is 1.